The van der Waals surface area contributed by atoms with Crippen molar-refractivity contribution < 1.29 is 8.78 Å². The molecule has 0 bridgehead atoms. The van der Waals surface area contributed by atoms with Gasteiger partial charge in [-0.3, -0.25) is 0 Å². The highest BCUT2D eigenvalue weighted by Crippen LogP contribution is 2.21. The van der Waals surface area contributed by atoms with Gasteiger partial charge in [0.15, 0.2) is 0 Å². The van der Waals surface area contributed by atoms with E-state index in [9.17, 15) is 8.78 Å². The maximum Gasteiger partial charge on any atom is 0.126 e. The fourth-order valence-electron chi connectivity index (χ4n) is 2.65. The van der Waals surface area contributed by atoms with Crippen LogP contribution in [0.1, 0.15) is 25.8 Å². The molecule has 106 valence electrons. The second-order valence-electron chi connectivity index (χ2n) is 6.09. The Kier molecular flexibility index (Phi) is 4.21. The van der Waals surface area contributed by atoms with Gasteiger partial charge in [-0.05, 0) is 57.5 Å². The number of hydrogen-bond donors (Lipinski definition) is 1. The van der Waals surface area contributed by atoms with Crippen LogP contribution in [0.25, 0.3) is 0 Å². The second kappa shape index (κ2) is 5.55. The van der Waals surface area contributed by atoms with Gasteiger partial charge in [0.05, 0.1) is 0 Å². The Morgan fingerprint density at radius 2 is 2.11 bits per heavy atom. The molecule has 0 amide bonds. The van der Waals surface area contributed by atoms with Gasteiger partial charge in [-0.1, -0.05) is 0 Å². The normalized spacial score (nSPS) is 22.1. The Bertz CT molecular complexity index is 446. The van der Waals surface area contributed by atoms with Crippen molar-refractivity contribution in [2.75, 3.05) is 20.1 Å². The van der Waals surface area contributed by atoms with Crippen molar-refractivity contribution in [2.24, 2.45) is 0 Å². The molecule has 2 rings (SSSR count). The molecule has 19 heavy (non-hydrogen) atoms. The van der Waals surface area contributed by atoms with Crippen LogP contribution in [0.3, 0.4) is 0 Å². The standard InChI is InChI=1S/C15H22F2N2/c1-15(2)9-13(10-18-15)19(3)7-6-11-8-12(16)4-5-14(11)17/h4-5,8,13,18H,6-7,9-10H2,1-3H3. The Morgan fingerprint density at radius 1 is 1.37 bits per heavy atom. The maximum absolute atomic E-state index is 13.5. The molecule has 0 radical (unpaired) electrons. The molecule has 1 heterocycles. The van der Waals surface area contributed by atoms with Gasteiger partial charge < -0.3 is 10.2 Å². The van der Waals surface area contributed by atoms with Crippen LogP contribution in [0.4, 0.5) is 8.78 Å². The number of nitrogens with one attached hydrogen (secondary N) is 1. The van der Waals surface area contributed by atoms with Crippen molar-refractivity contribution in [3.63, 3.8) is 0 Å². The quantitative estimate of drug-likeness (QED) is 0.903. The first-order valence-corrected chi connectivity index (χ1v) is 6.76. The van der Waals surface area contributed by atoms with Crippen LogP contribution in [0.15, 0.2) is 18.2 Å². The van der Waals surface area contributed by atoms with Crippen molar-refractivity contribution in [1.29, 1.82) is 0 Å². The number of nitrogens with zero attached hydrogens (tertiary/aromatic N) is 1. The Morgan fingerprint density at radius 3 is 2.74 bits per heavy atom. The summed E-state index contributed by atoms with van der Waals surface area (Å²) in [6.45, 7) is 6.07. The summed E-state index contributed by atoms with van der Waals surface area (Å²) >= 11 is 0. The summed E-state index contributed by atoms with van der Waals surface area (Å²) in [5.41, 5.74) is 0.625. The van der Waals surface area contributed by atoms with E-state index in [2.05, 4.69) is 24.1 Å². The third kappa shape index (κ3) is 3.74. The van der Waals surface area contributed by atoms with E-state index in [0.717, 1.165) is 25.6 Å². The van der Waals surface area contributed by atoms with E-state index in [-0.39, 0.29) is 17.2 Å². The molecule has 1 saturated heterocycles. The van der Waals surface area contributed by atoms with Crippen molar-refractivity contribution in [2.45, 2.75) is 38.3 Å². The van der Waals surface area contributed by atoms with Gasteiger partial charge in [-0.25, -0.2) is 8.78 Å². The first-order valence-electron chi connectivity index (χ1n) is 6.76. The van der Waals surface area contributed by atoms with Crippen molar-refractivity contribution in [3.8, 4) is 0 Å². The van der Waals surface area contributed by atoms with Crippen molar-refractivity contribution >= 4 is 0 Å². The predicted octanol–water partition coefficient (Wildman–Crippen LogP) is 2.58. The molecule has 2 nitrogen and oxygen atoms in total. The SMILES string of the molecule is CN(CCc1cc(F)ccc1F)C1CNC(C)(C)C1. The van der Waals surface area contributed by atoms with Crippen LogP contribution in [0.2, 0.25) is 0 Å². The number of likely N-dealkylation sites (N-methyl/N-ethyl adjacent to an activating group) is 1. The molecule has 0 saturated carbocycles. The van der Waals surface area contributed by atoms with Crippen LogP contribution in [0.5, 0.6) is 0 Å². The lowest BCUT2D eigenvalue weighted by Gasteiger charge is -2.25. The van der Waals surface area contributed by atoms with E-state index in [1.807, 2.05) is 7.05 Å². The van der Waals surface area contributed by atoms with Crippen LogP contribution >= 0.6 is 0 Å². The molecule has 4 heteroatoms. The van der Waals surface area contributed by atoms with E-state index in [1.54, 1.807) is 0 Å². The summed E-state index contributed by atoms with van der Waals surface area (Å²) in [5.74, 6) is -0.692. The van der Waals surface area contributed by atoms with Crippen LogP contribution in [0, 0.1) is 11.6 Å². The fraction of sp³-hybridized carbons (Fsp3) is 0.600. The molecule has 0 spiro atoms. The van der Waals surface area contributed by atoms with Gasteiger partial charge >= 0.3 is 0 Å². The lowest BCUT2D eigenvalue weighted by Crippen LogP contribution is -2.34. The summed E-state index contributed by atoms with van der Waals surface area (Å²) in [6, 6.07) is 4.11. The minimum Gasteiger partial charge on any atom is -0.310 e. The highest BCUT2D eigenvalue weighted by molar-refractivity contribution is 5.19. The third-order valence-corrected chi connectivity index (χ3v) is 3.93. The Balaban J connectivity index is 1.90. The number of halogens is 2. The Hall–Kier alpha value is -1.00. The molecule has 1 aromatic carbocycles. The van der Waals surface area contributed by atoms with E-state index in [0.29, 0.717) is 18.0 Å². The summed E-state index contributed by atoms with van der Waals surface area (Å²) in [5, 5.41) is 3.47. The van der Waals surface area contributed by atoms with Gasteiger partial charge in [0, 0.05) is 24.7 Å². The fourth-order valence-corrected chi connectivity index (χ4v) is 2.65. The van der Waals surface area contributed by atoms with Crippen LogP contribution in [-0.2, 0) is 6.42 Å². The average Bonchev–Trinajstić information content (AvgIpc) is 2.70. The molecule has 1 fully saturated rings. The largest absolute Gasteiger partial charge is 0.310 e. The van der Waals surface area contributed by atoms with Crippen molar-refractivity contribution in [1.82, 2.24) is 10.2 Å². The van der Waals surface area contributed by atoms with Crippen molar-refractivity contribution in [3.05, 3.63) is 35.4 Å². The van der Waals surface area contributed by atoms with E-state index in [1.165, 1.54) is 12.1 Å². The number of rotatable bonds is 4. The number of benzene rings is 1. The third-order valence-electron chi connectivity index (χ3n) is 3.93. The van der Waals surface area contributed by atoms with Gasteiger partial charge in [-0.2, -0.15) is 0 Å². The molecule has 0 aliphatic carbocycles. The highest BCUT2D eigenvalue weighted by atomic mass is 19.1. The monoisotopic (exact) mass is 268 g/mol. The number of hydrogen-bond acceptors (Lipinski definition) is 2. The zero-order valence-electron chi connectivity index (χ0n) is 11.8. The topological polar surface area (TPSA) is 15.3 Å². The van der Waals surface area contributed by atoms with Crippen LogP contribution < -0.4 is 5.32 Å². The van der Waals surface area contributed by atoms with Gasteiger partial charge in [-0.15, -0.1) is 0 Å². The summed E-state index contributed by atoms with van der Waals surface area (Å²) in [6.07, 6.45) is 1.62. The minimum absolute atomic E-state index is 0.170. The molecular weight excluding hydrogens is 246 g/mol. The lowest BCUT2D eigenvalue weighted by molar-refractivity contribution is 0.250. The molecule has 1 aromatic rings. The summed E-state index contributed by atoms with van der Waals surface area (Å²) in [4.78, 5) is 2.23. The maximum atomic E-state index is 13.5. The molecule has 1 N–H and O–H groups in total. The Labute approximate surface area is 113 Å². The molecule has 1 atom stereocenters. The van der Waals surface area contributed by atoms with E-state index >= 15 is 0 Å². The second-order valence-corrected chi connectivity index (χ2v) is 6.09. The minimum atomic E-state index is -0.372. The summed E-state index contributed by atoms with van der Waals surface area (Å²) < 4.78 is 26.6. The first kappa shape index (κ1) is 14.4. The highest BCUT2D eigenvalue weighted by Gasteiger charge is 2.32. The van der Waals surface area contributed by atoms with Gasteiger partial charge in [0.1, 0.15) is 11.6 Å². The zero-order chi connectivity index (χ0) is 14.0. The molecule has 1 aliphatic heterocycles. The average molecular weight is 268 g/mol. The zero-order valence-corrected chi connectivity index (χ0v) is 11.8. The smallest absolute Gasteiger partial charge is 0.126 e. The molecule has 1 unspecified atom stereocenters. The van der Waals surface area contributed by atoms with Crippen LogP contribution in [-0.4, -0.2) is 36.6 Å². The lowest BCUT2D eigenvalue weighted by atomic mass is 10.0. The van der Waals surface area contributed by atoms with Gasteiger partial charge in [0.25, 0.3) is 0 Å². The van der Waals surface area contributed by atoms with E-state index in [4.69, 9.17) is 0 Å². The molecule has 1 aliphatic rings. The summed E-state index contributed by atoms with van der Waals surface area (Å²) in [7, 11) is 2.05. The van der Waals surface area contributed by atoms with Gasteiger partial charge in [0.2, 0.25) is 0 Å². The molecule has 0 aromatic heterocycles. The molecular formula is C15H22F2N2. The predicted molar refractivity (Wildman–Crippen MR) is 73.2 cm³/mol. The van der Waals surface area contributed by atoms with E-state index < -0.39 is 0 Å². The first-order chi connectivity index (χ1) is 8.87.